The molecular formula is C14H20ClNO2. The van der Waals surface area contributed by atoms with Crippen LogP contribution in [0.2, 0.25) is 5.02 Å². The van der Waals surface area contributed by atoms with Gasteiger partial charge in [0.15, 0.2) is 0 Å². The lowest BCUT2D eigenvalue weighted by molar-refractivity contribution is 0.186. The van der Waals surface area contributed by atoms with Gasteiger partial charge in [0.2, 0.25) is 0 Å². The first kappa shape index (κ1) is 13.7. The van der Waals surface area contributed by atoms with Crippen LogP contribution in [0, 0.1) is 0 Å². The van der Waals surface area contributed by atoms with E-state index in [0.29, 0.717) is 11.6 Å². The van der Waals surface area contributed by atoms with Gasteiger partial charge < -0.3 is 9.84 Å². The van der Waals surface area contributed by atoms with Crippen molar-refractivity contribution in [3.8, 4) is 5.75 Å². The third kappa shape index (κ3) is 3.61. The number of aliphatic hydroxyl groups excluding tert-OH is 1. The van der Waals surface area contributed by atoms with E-state index in [1.165, 1.54) is 25.9 Å². The maximum atomic E-state index is 9.69. The summed E-state index contributed by atoms with van der Waals surface area (Å²) in [6, 6.07) is 5.38. The summed E-state index contributed by atoms with van der Waals surface area (Å²) in [7, 11) is 0. The van der Waals surface area contributed by atoms with Crippen LogP contribution in [-0.4, -0.2) is 36.2 Å². The lowest BCUT2D eigenvalue weighted by atomic mass is 10.1. The molecule has 2 rings (SSSR count). The Bertz CT molecular complexity index is 389. The molecule has 0 amide bonds. The summed E-state index contributed by atoms with van der Waals surface area (Å²) in [5, 5.41) is 10.3. The maximum absolute atomic E-state index is 9.69. The molecule has 1 aliphatic heterocycles. The Balaban J connectivity index is 1.91. The summed E-state index contributed by atoms with van der Waals surface area (Å²) in [6.07, 6.45) is 2.02. The summed E-state index contributed by atoms with van der Waals surface area (Å²) in [5.74, 6) is 0.730. The van der Waals surface area contributed by atoms with Gasteiger partial charge in [-0.15, -0.1) is 0 Å². The molecule has 0 unspecified atom stereocenters. The van der Waals surface area contributed by atoms with Crippen molar-refractivity contribution in [3.05, 3.63) is 28.8 Å². The molecule has 100 valence electrons. The SMILES string of the molecule is C[C@H](O)c1cc(Cl)ccc1OCCN1CCCC1. The van der Waals surface area contributed by atoms with Crippen LogP contribution >= 0.6 is 11.6 Å². The zero-order valence-electron chi connectivity index (χ0n) is 10.7. The van der Waals surface area contributed by atoms with Crippen LogP contribution in [0.15, 0.2) is 18.2 Å². The number of nitrogens with zero attached hydrogens (tertiary/aromatic N) is 1. The zero-order valence-corrected chi connectivity index (χ0v) is 11.5. The van der Waals surface area contributed by atoms with Crippen LogP contribution in [0.5, 0.6) is 5.75 Å². The number of benzene rings is 1. The van der Waals surface area contributed by atoms with Gasteiger partial charge in [0.25, 0.3) is 0 Å². The van der Waals surface area contributed by atoms with E-state index in [2.05, 4.69) is 4.90 Å². The smallest absolute Gasteiger partial charge is 0.125 e. The van der Waals surface area contributed by atoms with Gasteiger partial charge in [-0.3, -0.25) is 4.90 Å². The highest BCUT2D eigenvalue weighted by atomic mass is 35.5. The summed E-state index contributed by atoms with van der Waals surface area (Å²) in [5.41, 5.74) is 0.754. The first-order valence-electron chi connectivity index (χ1n) is 6.49. The summed E-state index contributed by atoms with van der Waals surface area (Å²) in [4.78, 5) is 2.40. The van der Waals surface area contributed by atoms with E-state index in [0.717, 1.165) is 17.9 Å². The molecule has 3 nitrogen and oxygen atoms in total. The van der Waals surface area contributed by atoms with Crippen LogP contribution in [-0.2, 0) is 0 Å². The molecule has 1 aromatic rings. The normalized spacial score (nSPS) is 17.9. The number of hydrogen-bond acceptors (Lipinski definition) is 3. The Hall–Kier alpha value is -0.770. The van der Waals surface area contributed by atoms with Gasteiger partial charge in [-0.25, -0.2) is 0 Å². The van der Waals surface area contributed by atoms with E-state index in [9.17, 15) is 5.11 Å². The van der Waals surface area contributed by atoms with E-state index in [1.54, 1.807) is 19.1 Å². The number of rotatable bonds is 5. The molecule has 0 radical (unpaired) electrons. The number of halogens is 1. The van der Waals surface area contributed by atoms with Crippen molar-refractivity contribution in [2.45, 2.75) is 25.9 Å². The first-order chi connectivity index (χ1) is 8.66. The molecule has 0 saturated carbocycles. The van der Waals surface area contributed by atoms with E-state index >= 15 is 0 Å². The minimum absolute atomic E-state index is 0.564. The predicted octanol–water partition coefficient (Wildman–Crippen LogP) is 2.87. The zero-order chi connectivity index (χ0) is 13.0. The highest BCUT2D eigenvalue weighted by Crippen LogP contribution is 2.28. The quantitative estimate of drug-likeness (QED) is 0.892. The molecule has 0 aliphatic carbocycles. The molecule has 1 fully saturated rings. The van der Waals surface area contributed by atoms with Crippen molar-refractivity contribution in [2.24, 2.45) is 0 Å². The van der Waals surface area contributed by atoms with Crippen LogP contribution < -0.4 is 4.74 Å². The minimum Gasteiger partial charge on any atom is -0.492 e. The average molecular weight is 270 g/mol. The van der Waals surface area contributed by atoms with Crippen molar-refractivity contribution < 1.29 is 9.84 Å². The molecule has 4 heteroatoms. The molecule has 1 aromatic carbocycles. The minimum atomic E-state index is -0.564. The highest BCUT2D eigenvalue weighted by molar-refractivity contribution is 6.30. The van der Waals surface area contributed by atoms with Gasteiger partial charge in [0.05, 0.1) is 6.10 Å². The molecule has 0 aromatic heterocycles. The summed E-state index contributed by atoms with van der Waals surface area (Å²) < 4.78 is 5.76. The Morgan fingerprint density at radius 2 is 2.11 bits per heavy atom. The number of aliphatic hydroxyl groups is 1. The van der Waals surface area contributed by atoms with Gasteiger partial charge >= 0.3 is 0 Å². The Kier molecular flexibility index (Phi) is 4.87. The number of hydrogen-bond donors (Lipinski definition) is 1. The standard InChI is InChI=1S/C14H20ClNO2/c1-11(17)13-10-12(15)4-5-14(13)18-9-8-16-6-2-3-7-16/h4-5,10-11,17H,2-3,6-9H2,1H3/t11-/m0/s1. The fourth-order valence-corrected chi connectivity index (χ4v) is 2.45. The molecule has 1 heterocycles. The fourth-order valence-electron chi connectivity index (χ4n) is 2.27. The highest BCUT2D eigenvalue weighted by Gasteiger charge is 2.13. The third-order valence-corrected chi connectivity index (χ3v) is 3.52. The Morgan fingerprint density at radius 3 is 2.78 bits per heavy atom. The lowest BCUT2D eigenvalue weighted by Gasteiger charge is -2.17. The molecule has 0 bridgehead atoms. The van der Waals surface area contributed by atoms with Crippen LogP contribution in [0.4, 0.5) is 0 Å². The van der Waals surface area contributed by atoms with E-state index < -0.39 is 6.10 Å². The lowest BCUT2D eigenvalue weighted by Crippen LogP contribution is -2.25. The van der Waals surface area contributed by atoms with Crippen LogP contribution in [0.25, 0.3) is 0 Å². The van der Waals surface area contributed by atoms with Gasteiger partial charge in [-0.1, -0.05) is 11.6 Å². The van der Waals surface area contributed by atoms with Crippen molar-refractivity contribution >= 4 is 11.6 Å². The maximum Gasteiger partial charge on any atom is 0.125 e. The predicted molar refractivity (Wildman–Crippen MR) is 73.3 cm³/mol. The molecule has 1 saturated heterocycles. The fraction of sp³-hybridized carbons (Fsp3) is 0.571. The Morgan fingerprint density at radius 1 is 1.39 bits per heavy atom. The molecular weight excluding hydrogens is 250 g/mol. The molecule has 0 spiro atoms. The van der Waals surface area contributed by atoms with E-state index in [4.69, 9.17) is 16.3 Å². The van der Waals surface area contributed by atoms with Crippen LogP contribution in [0.1, 0.15) is 31.4 Å². The monoisotopic (exact) mass is 269 g/mol. The van der Waals surface area contributed by atoms with Crippen molar-refractivity contribution in [1.82, 2.24) is 4.90 Å². The summed E-state index contributed by atoms with van der Waals surface area (Å²) >= 11 is 5.92. The molecule has 1 atom stereocenters. The van der Waals surface area contributed by atoms with Gasteiger partial charge in [-0.05, 0) is 51.1 Å². The van der Waals surface area contributed by atoms with E-state index in [1.807, 2.05) is 6.07 Å². The van der Waals surface area contributed by atoms with Crippen molar-refractivity contribution in [2.75, 3.05) is 26.2 Å². The average Bonchev–Trinajstić information content (AvgIpc) is 2.84. The number of ether oxygens (including phenoxy) is 1. The Labute approximate surface area is 113 Å². The van der Waals surface area contributed by atoms with Crippen molar-refractivity contribution in [3.63, 3.8) is 0 Å². The second-order valence-corrected chi connectivity index (χ2v) is 5.19. The second-order valence-electron chi connectivity index (χ2n) is 4.76. The van der Waals surface area contributed by atoms with E-state index in [-0.39, 0.29) is 0 Å². The van der Waals surface area contributed by atoms with Gasteiger partial charge in [0.1, 0.15) is 12.4 Å². The second kappa shape index (κ2) is 6.41. The third-order valence-electron chi connectivity index (χ3n) is 3.29. The summed E-state index contributed by atoms with van der Waals surface area (Å²) in [6.45, 7) is 5.67. The number of likely N-dealkylation sites (tertiary alicyclic amines) is 1. The van der Waals surface area contributed by atoms with Gasteiger partial charge in [0, 0.05) is 17.1 Å². The van der Waals surface area contributed by atoms with Crippen LogP contribution in [0.3, 0.4) is 0 Å². The van der Waals surface area contributed by atoms with Crippen molar-refractivity contribution in [1.29, 1.82) is 0 Å². The topological polar surface area (TPSA) is 32.7 Å². The molecule has 1 aliphatic rings. The largest absolute Gasteiger partial charge is 0.492 e. The molecule has 18 heavy (non-hydrogen) atoms. The van der Waals surface area contributed by atoms with Gasteiger partial charge in [-0.2, -0.15) is 0 Å². The molecule has 1 N–H and O–H groups in total. The first-order valence-corrected chi connectivity index (χ1v) is 6.87.